The standard InChI is InChI=1S/C15H19ClN2O4S.C9H8N2O/c16-14(19)10-11-6-8-13(9-7-11)23(21,22)18-15(20)17-12-4-2-1-3-5-12;1-6-2-3-8-7(4-6)9(12)11-5-10-8/h6-9,12H,1-5,10H2,(H2,17,18,20);2-5H,1H3,(H,10,11,12). The predicted octanol–water partition coefficient (Wildman–Crippen LogP) is 3.55. The van der Waals surface area contributed by atoms with Gasteiger partial charge in [0.15, 0.2) is 0 Å². The van der Waals surface area contributed by atoms with E-state index in [4.69, 9.17) is 11.6 Å². The first kappa shape index (κ1) is 26.4. The Morgan fingerprint density at radius 3 is 2.43 bits per heavy atom. The summed E-state index contributed by atoms with van der Waals surface area (Å²) < 4.78 is 26.3. The molecule has 1 aliphatic rings. The van der Waals surface area contributed by atoms with Crippen LogP contribution in [0.4, 0.5) is 4.79 Å². The summed E-state index contributed by atoms with van der Waals surface area (Å²) in [6.45, 7) is 1.95. The van der Waals surface area contributed by atoms with Crippen molar-refractivity contribution < 1.29 is 18.0 Å². The topological polar surface area (TPSA) is 138 Å². The maximum absolute atomic E-state index is 12.2. The third-order valence-electron chi connectivity index (χ3n) is 5.54. The Bertz CT molecular complexity index is 1350. The zero-order valence-corrected chi connectivity index (χ0v) is 20.8. The molecule has 0 radical (unpaired) electrons. The van der Waals surface area contributed by atoms with Crippen molar-refractivity contribution >= 4 is 43.8 Å². The van der Waals surface area contributed by atoms with Gasteiger partial charge in [-0.25, -0.2) is 22.9 Å². The molecule has 3 N–H and O–H groups in total. The van der Waals surface area contributed by atoms with E-state index in [9.17, 15) is 22.8 Å². The molecule has 0 saturated heterocycles. The van der Waals surface area contributed by atoms with Gasteiger partial charge in [0.2, 0.25) is 5.24 Å². The van der Waals surface area contributed by atoms with Gasteiger partial charge in [-0.3, -0.25) is 9.59 Å². The molecule has 11 heteroatoms. The lowest BCUT2D eigenvalue weighted by Gasteiger charge is -2.22. The number of nitrogens with zero attached hydrogens (tertiary/aromatic N) is 1. The summed E-state index contributed by atoms with van der Waals surface area (Å²) in [7, 11) is -3.94. The van der Waals surface area contributed by atoms with Gasteiger partial charge < -0.3 is 10.3 Å². The van der Waals surface area contributed by atoms with Gasteiger partial charge >= 0.3 is 6.03 Å². The SMILES string of the molecule is Cc1ccc2nc[nH]c(=O)c2c1.O=C(Cl)Cc1ccc(S(=O)(=O)NC(=O)NC2CCCCC2)cc1. The highest BCUT2D eigenvalue weighted by Gasteiger charge is 2.21. The van der Waals surface area contributed by atoms with Crippen LogP contribution < -0.4 is 15.6 Å². The van der Waals surface area contributed by atoms with Crippen molar-refractivity contribution in [2.24, 2.45) is 0 Å². The molecule has 0 unspecified atom stereocenters. The number of aromatic nitrogens is 2. The second kappa shape index (κ2) is 11.9. The normalized spacial score (nSPS) is 14.0. The minimum Gasteiger partial charge on any atom is -0.335 e. The Labute approximate surface area is 208 Å². The zero-order valence-electron chi connectivity index (χ0n) is 19.2. The van der Waals surface area contributed by atoms with Crippen molar-refractivity contribution in [2.45, 2.75) is 56.4 Å². The maximum atomic E-state index is 12.2. The number of amides is 2. The van der Waals surface area contributed by atoms with Crippen LogP contribution in [0.15, 0.2) is 58.5 Å². The Kier molecular flexibility index (Phi) is 9.00. The fourth-order valence-corrected chi connectivity index (χ4v) is 4.84. The molecule has 0 aliphatic heterocycles. The number of fused-ring (bicyclic) bond motifs is 1. The second-order valence-electron chi connectivity index (χ2n) is 8.34. The molecule has 2 aromatic carbocycles. The van der Waals surface area contributed by atoms with Crippen LogP contribution in [0.2, 0.25) is 0 Å². The van der Waals surface area contributed by atoms with Crippen molar-refractivity contribution in [3.05, 3.63) is 70.3 Å². The van der Waals surface area contributed by atoms with Crippen molar-refractivity contribution in [3.8, 4) is 0 Å². The summed E-state index contributed by atoms with van der Waals surface area (Å²) in [6, 6.07) is 10.6. The van der Waals surface area contributed by atoms with Crippen molar-refractivity contribution in [3.63, 3.8) is 0 Å². The molecule has 1 saturated carbocycles. The first-order chi connectivity index (χ1) is 16.6. The smallest absolute Gasteiger partial charge is 0.328 e. The first-order valence-corrected chi connectivity index (χ1v) is 13.0. The number of aromatic amines is 1. The van der Waals surface area contributed by atoms with Crippen molar-refractivity contribution in [1.29, 1.82) is 0 Å². The molecule has 35 heavy (non-hydrogen) atoms. The number of carbonyl (C=O) groups is 2. The number of hydrogen-bond donors (Lipinski definition) is 3. The largest absolute Gasteiger partial charge is 0.335 e. The number of hydrogen-bond acceptors (Lipinski definition) is 6. The Morgan fingerprint density at radius 2 is 1.77 bits per heavy atom. The van der Waals surface area contributed by atoms with Gasteiger partial charge in [-0.05, 0) is 61.2 Å². The molecule has 0 bridgehead atoms. The van der Waals surface area contributed by atoms with Gasteiger partial charge in [-0.1, -0.05) is 43.0 Å². The maximum Gasteiger partial charge on any atom is 0.328 e. The number of benzene rings is 2. The Balaban J connectivity index is 0.000000237. The Morgan fingerprint density at radius 1 is 1.09 bits per heavy atom. The first-order valence-electron chi connectivity index (χ1n) is 11.2. The van der Waals surface area contributed by atoms with Crippen LogP contribution in [0, 0.1) is 6.92 Å². The van der Waals surface area contributed by atoms with Crippen molar-refractivity contribution in [1.82, 2.24) is 20.0 Å². The molecule has 1 aromatic heterocycles. The van der Waals surface area contributed by atoms with E-state index < -0.39 is 21.3 Å². The van der Waals surface area contributed by atoms with E-state index in [1.54, 1.807) is 0 Å². The molecule has 1 aliphatic carbocycles. The summed E-state index contributed by atoms with van der Waals surface area (Å²) in [5.74, 6) is 0. The molecule has 186 valence electrons. The number of urea groups is 1. The molecule has 3 aromatic rings. The number of halogens is 1. The molecular weight excluding hydrogens is 492 g/mol. The quantitative estimate of drug-likeness (QED) is 0.441. The van der Waals surface area contributed by atoms with E-state index in [0.717, 1.165) is 43.2 Å². The number of nitrogens with one attached hydrogen (secondary N) is 3. The van der Waals surface area contributed by atoms with E-state index in [1.807, 2.05) is 29.8 Å². The highest BCUT2D eigenvalue weighted by Crippen LogP contribution is 2.17. The van der Waals surface area contributed by atoms with E-state index >= 15 is 0 Å². The number of carbonyl (C=O) groups excluding carboxylic acids is 2. The summed E-state index contributed by atoms with van der Waals surface area (Å²) in [5.41, 5.74) is 2.34. The van der Waals surface area contributed by atoms with Gasteiger partial charge in [-0.15, -0.1) is 0 Å². The fourth-order valence-electron chi connectivity index (χ4n) is 3.77. The zero-order chi connectivity index (χ0) is 25.4. The summed E-state index contributed by atoms with van der Waals surface area (Å²) in [4.78, 5) is 40.4. The lowest BCUT2D eigenvalue weighted by atomic mass is 9.96. The van der Waals surface area contributed by atoms with Crippen LogP contribution >= 0.6 is 11.6 Å². The molecule has 2 amide bonds. The summed E-state index contributed by atoms with van der Waals surface area (Å²) >= 11 is 5.28. The number of rotatable bonds is 5. The third kappa shape index (κ3) is 7.90. The van der Waals surface area contributed by atoms with Gasteiger partial charge in [0.25, 0.3) is 15.6 Å². The highest BCUT2D eigenvalue weighted by atomic mass is 35.5. The number of aryl methyl sites for hydroxylation is 1. The van der Waals surface area contributed by atoms with Crippen LogP contribution in [0.5, 0.6) is 0 Å². The molecule has 1 fully saturated rings. The van der Waals surface area contributed by atoms with E-state index in [0.29, 0.717) is 10.9 Å². The van der Waals surface area contributed by atoms with Gasteiger partial charge in [0.1, 0.15) is 0 Å². The molecule has 1 heterocycles. The number of H-pyrrole nitrogens is 1. The van der Waals surface area contributed by atoms with Crippen molar-refractivity contribution in [2.75, 3.05) is 0 Å². The lowest BCUT2D eigenvalue weighted by Crippen LogP contribution is -2.45. The monoisotopic (exact) mass is 518 g/mol. The molecule has 4 rings (SSSR count). The third-order valence-corrected chi connectivity index (χ3v) is 7.02. The van der Waals surface area contributed by atoms with Crippen LogP contribution in [0.25, 0.3) is 10.9 Å². The van der Waals surface area contributed by atoms with E-state index in [1.165, 1.54) is 30.6 Å². The molecule has 0 spiro atoms. The highest BCUT2D eigenvalue weighted by molar-refractivity contribution is 7.90. The van der Waals surface area contributed by atoms with Gasteiger partial charge in [-0.2, -0.15) is 0 Å². The van der Waals surface area contributed by atoms with Gasteiger partial charge in [0.05, 0.1) is 22.1 Å². The fraction of sp³-hybridized carbons (Fsp3) is 0.333. The lowest BCUT2D eigenvalue weighted by molar-refractivity contribution is -0.111. The molecular formula is C24H27ClN4O5S. The molecule has 9 nitrogen and oxygen atoms in total. The average molecular weight is 519 g/mol. The van der Waals surface area contributed by atoms with Crippen LogP contribution in [0.1, 0.15) is 43.2 Å². The van der Waals surface area contributed by atoms with E-state index in [2.05, 4.69) is 15.3 Å². The minimum absolute atomic E-state index is 0.0241. The molecule has 0 atom stereocenters. The van der Waals surface area contributed by atoms with Crippen LogP contribution in [-0.2, 0) is 21.2 Å². The number of sulfonamides is 1. The van der Waals surface area contributed by atoms with Crippen LogP contribution in [0.3, 0.4) is 0 Å². The minimum atomic E-state index is -3.94. The Hall–Kier alpha value is -3.24. The summed E-state index contributed by atoms with van der Waals surface area (Å²) in [6.07, 6.45) is 6.41. The predicted molar refractivity (Wildman–Crippen MR) is 134 cm³/mol. The second-order valence-corrected chi connectivity index (χ2v) is 10.4. The van der Waals surface area contributed by atoms with Crippen LogP contribution in [-0.4, -0.2) is 35.7 Å². The average Bonchev–Trinajstić information content (AvgIpc) is 2.80. The summed E-state index contributed by atoms with van der Waals surface area (Å²) in [5, 5.41) is 2.82. The van der Waals surface area contributed by atoms with Gasteiger partial charge in [0, 0.05) is 12.5 Å². The van der Waals surface area contributed by atoms with E-state index in [-0.39, 0.29) is 22.9 Å².